The molecule has 0 atom stereocenters. The molecule has 0 radical (unpaired) electrons. The highest BCUT2D eigenvalue weighted by Gasteiger charge is 2.14. The molecule has 0 unspecified atom stereocenters. The molecule has 9 heteroatoms. The van der Waals surface area contributed by atoms with Crippen LogP contribution in [0.1, 0.15) is 11.3 Å². The number of nitrogens with one attached hydrogen (secondary N) is 2. The highest BCUT2D eigenvalue weighted by Crippen LogP contribution is 2.14. The second-order valence-corrected chi connectivity index (χ2v) is 7.72. The summed E-state index contributed by atoms with van der Waals surface area (Å²) in [6.07, 6.45) is 4.06. The number of amides is 1. The standard InChI is InChI=1S/C20H16F2N2O4S/c21-15-10-16(22)12-17(11-15)24-20(25)8-5-14-3-6-19(7-4-14)29(26,27)23-13-18-2-1-9-28-18/h1-12,23H,13H2,(H,24,25)/b8-5+. The van der Waals surface area contributed by atoms with Gasteiger partial charge in [-0.25, -0.2) is 21.9 Å². The minimum atomic E-state index is -3.72. The summed E-state index contributed by atoms with van der Waals surface area (Å²) in [7, 11) is -3.72. The van der Waals surface area contributed by atoms with Gasteiger partial charge in [0.15, 0.2) is 0 Å². The van der Waals surface area contributed by atoms with Crippen molar-refractivity contribution in [3.8, 4) is 0 Å². The number of halogens is 2. The van der Waals surface area contributed by atoms with Crippen LogP contribution in [0.5, 0.6) is 0 Å². The van der Waals surface area contributed by atoms with Crippen molar-refractivity contribution in [1.29, 1.82) is 0 Å². The van der Waals surface area contributed by atoms with Crippen LogP contribution in [0.4, 0.5) is 14.5 Å². The highest BCUT2D eigenvalue weighted by atomic mass is 32.2. The zero-order chi connectivity index (χ0) is 20.9. The maximum atomic E-state index is 13.1. The van der Waals surface area contributed by atoms with Crippen LogP contribution >= 0.6 is 0 Å². The van der Waals surface area contributed by atoms with Gasteiger partial charge in [0.2, 0.25) is 15.9 Å². The van der Waals surface area contributed by atoms with Gasteiger partial charge in [0.25, 0.3) is 0 Å². The summed E-state index contributed by atoms with van der Waals surface area (Å²) in [5, 5.41) is 2.34. The molecular weight excluding hydrogens is 402 g/mol. The maximum absolute atomic E-state index is 13.1. The molecule has 3 aromatic rings. The number of carbonyl (C=O) groups is 1. The van der Waals surface area contributed by atoms with Crippen molar-refractivity contribution in [1.82, 2.24) is 4.72 Å². The Bertz CT molecular complexity index is 1110. The summed E-state index contributed by atoms with van der Waals surface area (Å²) >= 11 is 0. The molecule has 0 aliphatic heterocycles. The fraction of sp³-hybridized carbons (Fsp3) is 0.0500. The van der Waals surface area contributed by atoms with E-state index in [0.29, 0.717) is 17.4 Å². The van der Waals surface area contributed by atoms with Crippen molar-refractivity contribution in [3.05, 3.63) is 89.9 Å². The second-order valence-electron chi connectivity index (χ2n) is 5.95. The summed E-state index contributed by atoms with van der Waals surface area (Å²) in [6, 6.07) is 11.8. The summed E-state index contributed by atoms with van der Waals surface area (Å²) in [4.78, 5) is 11.9. The lowest BCUT2D eigenvalue weighted by molar-refractivity contribution is -0.111. The van der Waals surface area contributed by atoms with E-state index < -0.39 is 27.6 Å². The van der Waals surface area contributed by atoms with E-state index in [1.165, 1.54) is 42.7 Å². The molecule has 1 amide bonds. The van der Waals surface area contributed by atoms with Crippen molar-refractivity contribution in [2.24, 2.45) is 0 Å². The zero-order valence-electron chi connectivity index (χ0n) is 14.9. The predicted octanol–water partition coefficient (Wildman–Crippen LogP) is 3.69. The van der Waals surface area contributed by atoms with Crippen molar-refractivity contribution in [3.63, 3.8) is 0 Å². The first kappa shape index (κ1) is 20.4. The Hall–Kier alpha value is -3.30. The minimum absolute atomic E-state index is 0.0128. The molecule has 0 aliphatic carbocycles. The Morgan fingerprint density at radius 2 is 1.72 bits per heavy atom. The molecule has 3 rings (SSSR count). The highest BCUT2D eigenvalue weighted by molar-refractivity contribution is 7.89. The number of hydrogen-bond donors (Lipinski definition) is 2. The van der Waals surface area contributed by atoms with E-state index >= 15 is 0 Å². The number of furan rings is 1. The molecular formula is C20H16F2N2O4S. The fourth-order valence-electron chi connectivity index (χ4n) is 2.40. The van der Waals surface area contributed by atoms with E-state index in [1.54, 1.807) is 12.1 Å². The Labute approximate surface area is 165 Å². The van der Waals surface area contributed by atoms with E-state index in [1.807, 2.05) is 0 Å². The number of rotatable bonds is 7. The molecule has 6 nitrogen and oxygen atoms in total. The lowest BCUT2D eigenvalue weighted by Crippen LogP contribution is -2.22. The molecule has 150 valence electrons. The van der Waals surface area contributed by atoms with E-state index in [4.69, 9.17) is 4.42 Å². The van der Waals surface area contributed by atoms with Crippen molar-refractivity contribution >= 4 is 27.7 Å². The number of carbonyl (C=O) groups excluding carboxylic acids is 1. The summed E-state index contributed by atoms with van der Waals surface area (Å²) < 4.78 is 58.3. The zero-order valence-corrected chi connectivity index (χ0v) is 15.7. The van der Waals surface area contributed by atoms with Gasteiger partial charge in [-0.3, -0.25) is 4.79 Å². The van der Waals surface area contributed by atoms with Gasteiger partial charge >= 0.3 is 0 Å². The predicted molar refractivity (Wildman–Crippen MR) is 103 cm³/mol. The molecule has 0 fully saturated rings. The minimum Gasteiger partial charge on any atom is -0.468 e. The molecule has 0 saturated heterocycles. The van der Waals surface area contributed by atoms with Crippen molar-refractivity contribution in [2.45, 2.75) is 11.4 Å². The first-order chi connectivity index (χ1) is 13.8. The van der Waals surface area contributed by atoms with Gasteiger partial charge in [-0.2, -0.15) is 0 Å². The second kappa shape index (κ2) is 8.80. The summed E-state index contributed by atoms with van der Waals surface area (Å²) in [6.45, 7) is 0.0256. The Morgan fingerprint density at radius 3 is 2.34 bits per heavy atom. The van der Waals surface area contributed by atoms with Gasteiger partial charge in [0.1, 0.15) is 17.4 Å². The number of anilines is 1. The number of benzene rings is 2. The summed E-state index contributed by atoms with van der Waals surface area (Å²) in [5.74, 6) is -1.72. The average molecular weight is 418 g/mol. The quantitative estimate of drug-likeness (QED) is 0.573. The SMILES string of the molecule is O=C(/C=C/c1ccc(S(=O)(=O)NCc2ccco2)cc1)Nc1cc(F)cc(F)c1. The lowest BCUT2D eigenvalue weighted by Gasteiger charge is -2.06. The average Bonchev–Trinajstić information content (AvgIpc) is 3.18. The third kappa shape index (κ3) is 5.84. The third-order valence-corrected chi connectivity index (χ3v) is 5.18. The first-order valence-electron chi connectivity index (χ1n) is 8.39. The first-order valence-corrected chi connectivity index (χ1v) is 9.87. The monoisotopic (exact) mass is 418 g/mol. The van der Waals surface area contributed by atoms with Gasteiger partial charge in [-0.1, -0.05) is 12.1 Å². The van der Waals surface area contributed by atoms with Gasteiger partial charge in [-0.15, -0.1) is 0 Å². The molecule has 0 spiro atoms. The van der Waals surface area contributed by atoms with Gasteiger partial charge in [0, 0.05) is 17.8 Å². The Morgan fingerprint density at radius 1 is 1.03 bits per heavy atom. The van der Waals surface area contributed by atoms with Crippen LogP contribution in [0, 0.1) is 11.6 Å². The third-order valence-electron chi connectivity index (χ3n) is 3.76. The van der Waals surface area contributed by atoms with E-state index in [0.717, 1.165) is 12.1 Å². The molecule has 1 aromatic heterocycles. The van der Waals surface area contributed by atoms with E-state index in [9.17, 15) is 22.0 Å². The van der Waals surface area contributed by atoms with Crippen molar-refractivity contribution in [2.75, 3.05) is 5.32 Å². The smallest absolute Gasteiger partial charge is 0.248 e. The van der Waals surface area contributed by atoms with Crippen LogP contribution in [0.15, 0.2) is 76.2 Å². The molecule has 1 heterocycles. The Kier molecular flexibility index (Phi) is 6.20. The molecule has 29 heavy (non-hydrogen) atoms. The summed E-state index contributed by atoms with van der Waals surface area (Å²) in [5.41, 5.74) is 0.553. The topological polar surface area (TPSA) is 88.4 Å². The van der Waals surface area contributed by atoms with Crippen LogP contribution in [-0.2, 0) is 21.4 Å². The van der Waals surface area contributed by atoms with E-state index in [-0.39, 0.29) is 17.1 Å². The van der Waals surface area contributed by atoms with Crippen LogP contribution < -0.4 is 10.0 Å². The molecule has 0 saturated carbocycles. The van der Waals surface area contributed by atoms with Gasteiger partial charge < -0.3 is 9.73 Å². The normalized spacial score (nSPS) is 11.7. The molecule has 2 N–H and O–H groups in total. The van der Waals surface area contributed by atoms with Gasteiger partial charge in [-0.05, 0) is 48.0 Å². The number of hydrogen-bond acceptors (Lipinski definition) is 4. The van der Waals surface area contributed by atoms with Gasteiger partial charge in [0.05, 0.1) is 17.7 Å². The maximum Gasteiger partial charge on any atom is 0.248 e. The Balaban J connectivity index is 1.61. The number of sulfonamides is 1. The molecule has 0 bridgehead atoms. The molecule has 2 aromatic carbocycles. The molecule has 0 aliphatic rings. The fourth-order valence-corrected chi connectivity index (χ4v) is 3.40. The van der Waals surface area contributed by atoms with Crippen molar-refractivity contribution < 1.29 is 26.4 Å². The van der Waals surface area contributed by atoms with Crippen LogP contribution in [0.2, 0.25) is 0 Å². The largest absolute Gasteiger partial charge is 0.468 e. The van der Waals surface area contributed by atoms with Crippen LogP contribution in [0.3, 0.4) is 0 Å². The van der Waals surface area contributed by atoms with E-state index in [2.05, 4.69) is 10.0 Å². The lowest BCUT2D eigenvalue weighted by atomic mass is 10.2. The van der Waals surface area contributed by atoms with Crippen LogP contribution in [0.25, 0.3) is 6.08 Å². The van der Waals surface area contributed by atoms with Crippen LogP contribution in [-0.4, -0.2) is 14.3 Å².